The number of aromatic nitrogens is 3. The van der Waals surface area contributed by atoms with Crippen LogP contribution in [0.2, 0.25) is 0 Å². The van der Waals surface area contributed by atoms with Crippen LogP contribution < -0.4 is 10.1 Å². The molecular formula is C33H30F2N4O4S. The fraction of sp³-hybridized carbons (Fsp3) is 0.273. The summed E-state index contributed by atoms with van der Waals surface area (Å²) in [6.45, 7) is 0.195. The fourth-order valence-corrected chi connectivity index (χ4v) is 6.73. The number of carboxylic acid groups (broad SMARTS) is 1. The van der Waals surface area contributed by atoms with E-state index in [0.717, 1.165) is 42.5 Å². The lowest BCUT2D eigenvalue weighted by Crippen LogP contribution is -2.17. The van der Waals surface area contributed by atoms with Gasteiger partial charge in [0.1, 0.15) is 23.2 Å². The summed E-state index contributed by atoms with van der Waals surface area (Å²) in [7, 11) is 1.53. The highest BCUT2D eigenvalue weighted by atomic mass is 32.1. The van der Waals surface area contributed by atoms with Crippen LogP contribution in [0.1, 0.15) is 63.2 Å². The van der Waals surface area contributed by atoms with Gasteiger partial charge in [-0.05, 0) is 67.4 Å². The number of carbonyl (C=O) groups excluding carboxylic acids is 1. The van der Waals surface area contributed by atoms with Crippen LogP contribution in [0.3, 0.4) is 0 Å². The average molecular weight is 617 g/mol. The Morgan fingerprint density at radius 2 is 1.80 bits per heavy atom. The fourth-order valence-electron chi connectivity index (χ4n) is 5.72. The molecule has 0 bridgehead atoms. The van der Waals surface area contributed by atoms with Gasteiger partial charge in [0.05, 0.1) is 34.5 Å². The van der Waals surface area contributed by atoms with Crippen molar-refractivity contribution < 1.29 is 28.2 Å². The highest BCUT2D eigenvalue weighted by Gasteiger charge is 2.25. The average Bonchev–Trinajstić information content (AvgIpc) is 3.63. The molecule has 2 N–H and O–H groups in total. The summed E-state index contributed by atoms with van der Waals surface area (Å²) >= 11 is 1.23. The number of carboxylic acids is 1. The summed E-state index contributed by atoms with van der Waals surface area (Å²) in [5.41, 5.74) is 3.00. The number of halogens is 2. The van der Waals surface area contributed by atoms with E-state index in [1.54, 1.807) is 36.4 Å². The highest BCUT2D eigenvalue weighted by Crippen LogP contribution is 2.37. The quantitative estimate of drug-likeness (QED) is 0.180. The van der Waals surface area contributed by atoms with Crippen LogP contribution in [0.25, 0.3) is 33.7 Å². The third-order valence-corrected chi connectivity index (χ3v) is 9.01. The van der Waals surface area contributed by atoms with E-state index in [2.05, 4.69) is 14.9 Å². The van der Waals surface area contributed by atoms with Gasteiger partial charge in [0.25, 0.3) is 5.91 Å². The van der Waals surface area contributed by atoms with Crippen molar-refractivity contribution in [3.63, 3.8) is 0 Å². The summed E-state index contributed by atoms with van der Waals surface area (Å²) in [5.74, 6) is -1.43. The largest absolute Gasteiger partial charge is 0.493 e. The number of amides is 1. The molecule has 3 aromatic carbocycles. The second-order valence-corrected chi connectivity index (χ2v) is 11.8. The van der Waals surface area contributed by atoms with Crippen molar-refractivity contribution in [2.24, 2.45) is 0 Å². The van der Waals surface area contributed by atoms with Crippen molar-refractivity contribution in [3.05, 3.63) is 87.7 Å². The van der Waals surface area contributed by atoms with Gasteiger partial charge in [0.2, 0.25) is 0 Å². The lowest BCUT2D eigenvalue weighted by atomic mass is 9.94. The van der Waals surface area contributed by atoms with Gasteiger partial charge in [-0.3, -0.25) is 4.79 Å². The minimum absolute atomic E-state index is 0.132. The Morgan fingerprint density at radius 1 is 1.02 bits per heavy atom. The van der Waals surface area contributed by atoms with Crippen molar-refractivity contribution in [2.75, 3.05) is 13.7 Å². The topological polar surface area (TPSA) is 106 Å². The number of nitrogens with zero attached hydrogens (tertiary/aromatic N) is 3. The predicted octanol–water partition coefficient (Wildman–Crippen LogP) is 7.29. The smallest absolute Gasteiger partial charge is 0.335 e. The van der Waals surface area contributed by atoms with Gasteiger partial charge in [-0.2, -0.15) is 0 Å². The summed E-state index contributed by atoms with van der Waals surface area (Å²) in [4.78, 5) is 33.8. The van der Waals surface area contributed by atoms with E-state index < -0.39 is 11.8 Å². The number of thiazole rings is 1. The van der Waals surface area contributed by atoms with Crippen LogP contribution in [0, 0.1) is 11.6 Å². The molecule has 226 valence electrons. The second-order valence-electron chi connectivity index (χ2n) is 10.7. The number of aromatic carboxylic acids is 1. The standard InChI is InChI=1S/C33H30F2N4O4S/c1-36-31(40)32-38-29(19-7-10-21(34)11-8-19)28(44-32)15-16-43-23-12-13-24(25(35)18-23)30-37-26-17-20(33(41)42)9-14-27(26)39(30)22-5-3-2-4-6-22/h7-14,17-18,22H,2-6,15-16H2,1H3,(H,36,40)(H,41,42). The van der Waals surface area contributed by atoms with E-state index in [-0.39, 0.29) is 34.9 Å². The maximum atomic E-state index is 15.7. The van der Waals surface area contributed by atoms with Crippen molar-refractivity contribution in [2.45, 2.75) is 44.6 Å². The van der Waals surface area contributed by atoms with Crippen LogP contribution >= 0.6 is 11.3 Å². The Balaban J connectivity index is 1.25. The molecule has 5 aromatic rings. The van der Waals surface area contributed by atoms with Gasteiger partial charge in [-0.15, -0.1) is 11.3 Å². The molecule has 2 heterocycles. The molecule has 2 aromatic heterocycles. The SMILES string of the molecule is CNC(=O)c1nc(-c2ccc(F)cc2)c(CCOc2ccc(-c3nc4cc(C(=O)O)ccc4n3C3CCCCC3)c(F)c2)s1. The van der Waals surface area contributed by atoms with E-state index in [0.29, 0.717) is 40.3 Å². The first-order valence-corrected chi connectivity index (χ1v) is 15.3. The lowest BCUT2D eigenvalue weighted by molar-refractivity contribution is 0.0696. The molecule has 0 unspecified atom stereocenters. The number of fused-ring (bicyclic) bond motifs is 1. The summed E-state index contributed by atoms with van der Waals surface area (Å²) < 4.78 is 37.2. The third kappa shape index (κ3) is 5.92. The molecule has 8 nitrogen and oxygen atoms in total. The summed E-state index contributed by atoms with van der Waals surface area (Å²) in [6.07, 6.45) is 5.58. The van der Waals surface area contributed by atoms with Gasteiger partial charge in [-0.1, -0.05) is 19.3 Å². The van der Waals surface area contributed by atoms with Gasteiger partial charge < -0.3 is 19.7 Å². The Labute approximate surface area is 256 Å². The number of hydrogen-bond donors (Lipinski definition) is 2. The Kier molecular flexibility index (Phi) is 8.38. The number of hydrogen-bond acceptors (Lipinski definition) is 6. The molecule has 1 amide bonds. The van der Waals surface area contributed by atoms with Crippen molar-refractivity contribution >= 4 is 34.2 Å². The van der Waals surface area contributed by atoms with E-state index in [1.165, 1.54) is 42.6 Å². The first-order chi connectivity index (χ1) is 21.3. The summed E-state index contributed by atoms with van der Waals surface area (Å²) in [5, 5.41) is 12.3. The van der Waals surface area contributed by atoms with Gasteiger partial charge in [0, 0.05) is 36.0 Å². The first kappa shape index (κ1) is 29.4. The number of benzene rings is 3. The number of rotatable bonds is 9. The Bertz CT molecular complexity index is 1840. The second kappa shape index (κ2) is 12.5. The van der Waals surface area contributed by atoms with Crippen LogP contribution in [0.5, 0.6) is 5.75 Å². The van der Waals surface area contributed by atoms with Crippen LogP contribution in [-0.4, -0.2) is 45.2 Å². The molecule has 1 saturated carbocycles. The zero-order valence-electron chi connectivity index (χ0n) is 24.0. The maximum Gasteiger partial charge on any atom is 0.335 e. The number of carbonyl (C=O) groups is 2. The van der Waals surface area contributed by atoms with Gasteiger partial charge in [-0.25, -0.2) is 23.5 Å². The van der Waals surface area contributed by atoms with Crippen molar-refractivity contribution in [3.8, 4) is 28.4 Å². The predicted molar refractivity (Wildman–Crippen MR) is 164 cm³/mol. The molecule has 0 aliphatic heterocycles. The maximum absolute atomic E-state index is 15.7. The van der Waals surface area contributed by atoms with Crippen LogP contribution in [0.15, 0.2) is 60.7 Å². The first-order valence-electron chi connectivity index (χ1n) is 14.5. The highest BCUT2D eigenvalue weighted by molar-refractivity contribution is 7.14. The Morgan fingerprint density at radius 3 is 2.50 bits per heavy atom. The molecule has 11 heteroatoms. The van der Waals surface area contributed by atoms with Gasteiger partial charge >= 0.3 is 5.97 Å². The van der Waals surface area contributed by atoms with E-state index in [1.807, 2.05) is 0 Å². The zero-order valence-corrected chi connectivity index (χ0v) is 24.8. The molecule has 44 heavy (non-hydrogen) atoms. The minimum Gasteiger partial charge on any atom is -0.493 e. The number of nitrogens with one attached hydrogen (secondary N) is 1. The molecule has 1 aliphatic carbocycles. The number of ether oxygens (including phenoxy) is 1. The monoisotopic (exact) mass is 616 g/mol. The van der Waals surface area contributed by atoms with Gasteiger partial charge in [0.15, 0.2) is 5.01 Å². The lowest BCUT2D eigenvalue weighted by Gasteiger charge is -2.25. The Hall–Kier alpha value is -4.64. The normalized spacial score (nSPS) is 13.7. The van der Waals surface area contributed by atoms with Crippen molar-refractivity contribution in [1.29, 1.82) is 0 Å². The molecular weight excluding hydrogens is 586 g/mol. The third-order valence-electron chi connectivity index (χ3n) is 7.89. The number of imidazole rings is 1. The molecule has 1 aliphatic rings. The molecule has 0 saturated heterocycles. The van der Waals surface area contributed by atoms with Crippen molar-refractivity contribution in [1.82, 2.24) is 19.9 Å². The molecule has 6 rings (SSSR count). The minimum atomic E-state index is -1.04. The van der Waals surface area contributed by atoms with E-state index >= 15 is 4.39 Å². The van der Waals surface area contributed by atoms with Crippen LogP contribution in [-0.2, 0) is 6.42 Å². The summed E-state index contributed by atoms with van der Waals surface area (Å²) in [6, 6.07) is 15.6. The van der Waals surface area contributed by atoms with E-state index in [4.69, 9.17) is 9.72 Å². The van der Waals surface area contributed by atoms with Crippen LogP contribution in [0.4, 0.5) is 8.78 Å². The molecule has 0 spiro atoms. The molecule has 1 fully saturated rings. The molecule has 0 radical (unpaired) electrons. The zero-order chi connectivity index (χ0) is 30.8. The molecule has 0 atom stereocenters. The van der Waals surface area contributed by atoms with E-state index in [9.17, 15) is 19.1 Å².